The van der Waals surface area contributed by atoms with Crippen LogP contribution < -0.4 is 20.3 Å². The summed E-state index contributed by atoms with van der Waals surface area (Å²) >= 11 is 0. The molecule has 5 heterocycles. The number of ether oxygens (including phenoxy) is 1. The first-order chi connectivity index (χ1) is 17.8. The van der Waals surface area contributed by atoms with Gasteiger partial charge in [-0.2, -0.15) is 9.97 Å². The molecule has 2 saturated heterocycles. The number of nitrogens with one attached hydrogen (secondary N) is 2. The molecule has 0 aliphatic carbocycles. The lowest BCUT2D eigenvalue weighted by molar-refractivity contribution is -0.117. The number of fused-ring (bicyclic) bond motifs is 1. The van der Waals surface area contributed by atoms with E-state index >= 15 is 0 Å². The zero-order valence-corrected chi connectivity index (χ0v) is 21.6. The second kappa shape index (κ2) is 9.96. The van der Waals surface area contributed by atoms with Gasteiger partial charge in [-0.3, -0.25) is 9.48 Å². The number of carbonyl (C=O) groups excluding carboxylic acids is 1. The van der Waals surface area contributed by atoms with E-state index in [1.54, 1.807) is 18.3 Å². The van der Waals surface area contributed by atoms with Crippen molar-refractivity contribution in [3.05, 3.63) is 25.2 Å². The fraction of sp³-hybridized carbons (Fsp3) is 0.542. The first kappa shape index (κ1) is 24.9. The second-order valence-electron chi connectivity index (χ2n) is 9.89. The number of alkyl halides is 1. The van der Waals surface area contributed by atoms with Crippen LogP contribution in [-0.2, 0) is 4.79 Å². The summed E-state index contributed by atoms with van der Waals surface area (Å²) < 4.78 is 24.2. The van der Waals surface area contributed by atoms with Crippen molar-refractivity contribution in [2.24, 2.45) is 0 Å². The Hall–Kier alpha value is -3.74. The Balaban J connectivity index is 1.50. The van der Waals surface area contributed by atoms with Gasteiger partial charge in [-0.15, -0.1) is 5.10 Å². The van der Waals surface area contributed by atoms with Crippen LogP contribution in [0.3, 0.4) is 0 Å². The number of halogens is 1. The third-order valence-electron chi connectivity index (χ3n) is 6.90. The highest BCUT2D eigenvalue weighted by molar-refractivity contribution is 5.88. The number of anilines is 3. The highest BCUT2D eigenvalue weighted by Crippen LogP contribution is 2.33. The summed E-state index contributed by atoms with van der Waals surface area (Å²) in [4.78, 5) is 29.8. The maximum atomic E-state index is 14.8. The molecule has 0 spiro atoms. The van der Waals surface area contributed by atoms with Gasteiger partial charge in [0.1, 0.15) is 11.9 Å². The number of nitrogens with zero attached hydrogens (tertiary/aromatic N) is 8. The molecule has 0 aromatic carbocycles. The predicted octanol–water partition coefficient (Wildman–Crippen LogP) is 2.06. The number of aromatic nitrogens is 6. The molecule has 0 bridgehead atoms. The number of likely N-dealkylation sites (N-methyl/N-ethyl adjacent to an activating group) is 1. The van der Waals surface area contributed by atoms with E-state index in [1.165, 1.54) is 0 Å². The number of amides is 1. The molecule has 0 unspecified atom stereocenters. The van der Waals surface area contributed by atoms with Crippen LogP contribution in [0.5, 0.6) is 5.88 Å². The molecule has 5 rings (SSSR count). The van der Waals surface area contributed by atoms with E-state index in [0.717, 1.165) is 25.6 Å². The highest BCUT2D eigenvalue weighted by atomic mass is 19.1. The first-order valence-electron chi connectivity index (χ1n) is 12.4. The van der Waals surface area contributed by atoms with E-state index in [2.05, 4.69) is 39.2 Å². The van der Waals surface area contributed by atoms with E-state index in [9.17, 15) is 9.18 Å². The van der Waals surface area contributed by atoms with Crippen molar-refractivity contribution in [2.45, 2.75) is 44.6 Å². The predicted molar refractivity (Wildman–Crippen MR) is 138 cm³/mol. The summed E-state index contributed by atoms with van der Waals surface area (Å²) in [5.74, 6) is 0.848. The first-order valence-corrected chi connectivity index (χ1v) is 12.4. The minimum atomic E-state index is -1.27. The van der Waals surface area contributed by atoms with Gasteiger partial charge >= 0.3 is 0 Å². The molecule has 3 aromatic rings. The number of hydrogen-bond donors (Lipinski definition) is 2. The van der Waals surface area contributed by atoms with E-state index in [-0.39, 0.29) is 25.2 Å². The molecule has 2 fully saturated rings. The number of rotatable bonds is 8. The molecule has 13 heteroatoms. The van der Waals surface area contributed by atoms with Crippen LogP contribution in [0.2, 0.25) is 0 Å². The van der Waals surface area contributed by atoms with Crippen LogP contribution >= 0.6 is 0 Å². The number of hydrogen-bond acceptors (Lipinski definition) is 9. The summed E-state index contributed by atoms with van der Waals surface area (Å²) in [6, 6.07) is -0.326. The van der Waals surface area contributed by atoms with Crippen molar-refractivity contribution in [1.82, 2.24) is 39.5 Å². The Labute approximate surface area is 214 Å². The average molecular weight is 513 g/mol. The Morgan fingerprint density at radius 3 is 2.78 bits per heavy atom. The van der Waals surface area contributed by atoms with Gasteiger partial charge < -0.3 is 29.7 Å². The van der Waals surface area contributed by atoms with Crippen molar-refractivity contribution in [1.29, 1.82) is 0 Å². The molecule has 12 nitrogen and oxygen atoms in total. The quantitative estimate of drug-likeness (QED) is 0.437. The maximum absolute atomic E-state index is 14.8. The Kier molecular flexibility index (Phi) is 6.71. The van der Waals surface area contributed by atoms with E-state index in [1.807, 2.05) is 29.3 Å². The van der Waals surface area contributed by atoms with Crippen LogP contribution in [0.15, 0.2) is 25.2 Å². The lowest BCUT2D eigenvalue weighted by Crippen LogP contribution is -2.40. The van der Waals surface area contributed by atoms with Gasteiger partial charge in [0.25, 0.3) is 5.88 Å². The summed E-state index contributed by atoms with van der Waals surface area (Å²) in [6.45, 7) is 9.73. The smallest absolute Gasteiger partial charge is 0.256 e. The molecular weight excluding hydrogens is 479 g/mol. The lowest BCUT2D eigenvalue weighted by Gasteiger charge is -2.18. The standard InChI is InChI=1S/C24H33FN10O2/c1-6-19(36)27-17-11-33(10-16(17)25)24-29-21(20-22(30-24)34(13-26-20)14(2)3)28-18-12-35(31-23(18)37-5)15-7-8-32(4)9-15/h6,12-17H,1,7-11H2,2-5H3,(H,27,36)(H,28,29,30)/t15-,16-,17+/m0/s1. The lowest BCUT2D eigenvalue weighted by atomic mass is 10.2. The van der Waals surface area contributed by atoms with Crippen LogP contribution in [0, 0.1) is 0 Å². The molecule has 3 atom stereocenters. The highest BCUT2D eigenvalue weighted by Gasteiger charge is 2.35. The molecule has 2 aliphatic rings. The molecule has 3 aromatic heterocycles. The summed E-state index contributed by atoms with van der Waals surface area (Å²) in [5.41, 5.74) is 1.86. The fourth-order valence-electron chi connectivity index (χ4n) is 4.87. The minimum Gasteiger partial charge on any atom is -0.478 e. The van der Waals surface area contributed by atoms with E-state index in [0.29, 0.717) is 34.5 Å². The van der Waals surface area contributed by atoms with Gasteiger partial charge in [0.2, 0.25) is 11.9 Å². The fourth-order valence-corrected chi connectivity index (χ4v) is 4.87. The summed E-state index contributed by atoms with van der Waals surface area (Å²) in [6.07, 6.45) is 4.52. The third kappa shape index (κ3) is 4.82. The van der Waals surface area contributed by atoms with Gasteiger partial charge in [-0.05, 0) is 39.9 Å². The van der Waals surface area contributed by atoms with Gasteiger partial charge in [0.05, 0.1) is 38.3 Å². The molecule has 198 valence electrons. The Bertz CT molecular complexity index is 1300. The molecule has 2 N–H and O–H groups in total. The van der Waals surface area contributed by atoms with Crippen LogP contribution in [0.25, 0.3) is 11.2 Å². The van der Waals surface area contributed by atoms with Crippen LogP contribution in [0.4, 0.5) is 21.8 Å². The summed E-state index contributed by atoms with van der Waals surface area (Å²) in [7, 11) is 3.67. The number of methoxy groups -OCH3 is 1. The van der Waals surface area contributed by atoms with Gasteiger partial charge in [0, 0.05) is 19.1 Å². The molecule has 2 aliphatic heterocycles. The minimum absolute atomic E-state index is 0.0549. The molecule has 0 radical (unpaired) electrons. The van der Waals surface area contributed by atoms with Crippen LogP contribution in [-0.4, -0.2) is 92.7 Å². The normalized spacial score (nSPS) is 22.2. The SMILES string of the molecule is C=CC(=O)N[C@@H]1CN(c2nc(Nc3cn([C@H]4CCN(C)C4)nc3OC)c3ncn(C(C)C)c3n2)C[C@@H]1F. The second-order valence-corrected chi connectivity index (χ2v) is 9.89. The van der Waals surface area contributed by atoms with Crippen molar-refractivity contribution in [2.75, 3.05) is 50.6 Å². The largest absolute Gasteiger partial charge is 0.478 e. The zero-order chi connectivity index (χ0) is 26.3. The van der Waals surface area contributed by atoms with Crippen molar-refractivity contribution in [3.8, 4) is 5.88 Å². The zero-order valence-electron chi connectivity index (χ0n) is 21.6. The van der Waals surface area contributed by atoms with Gasteiger partial charge in [-0.25, -0.2) is 9.37 Å². The maximum Gasteiger partial charge on any atom is 0.256 e. The average Bonchev–Trinajstić information content (AvgIpc) is 3.65. The topological polar surface area (TPSA) is 118 Å². The Morgan fingerprint density at radius 2 is 2.11 bits per heavy atom. The van der Waals surface area contributed by atoms with E-state index < -0.39 is 18.1 Å². The van der Waals surface area contributed by atoms with Crippen molar-refractivity contribution in [3.63, 3.8) is 0 Å². The molecule has 37 heavy (non-hydrogen) atoms. The molecule has 1 amide bonds. The van der Waals surface area contributed by atoms with Crippen LogP contribution in [0.1, 0.15) is 32.4 Å². The molecular formula is C24H33FN10O2. The van der Waals surface area contributed by atoms with Crippen molar-refractivity contribution < 1.29 is 13.9 Å². The third-order valence-corrected chi connectivity index (χ3v) is 6.90. The monoisotopic (exact) mass is 512 g/mol. The number of likely N-dealkylation sites (tertiary alicyclic amines) is 1. The Morgan fingerprint density at radius 1 is 1.30 bits per heavy atom. The van der Waals surface area contributed by atoms with Gasteiger partial charge in [0.15, 0.2) is 17.0 Å². The molecule has 0 saturated carbocycles. The number of carbonyl (C=O) groups is 1. The van der Waals surface area contributed by atoms with E-state index in [4.69, 9.17) is 14.7 Å². The summed E-state index contributed by atoms with van der Waals surface area (Å²) in [5, 5.41) is 10.6. The van der Waals surface area contributed by atoms with Gasteiger partial charge in [-0.1, -0.05) is 6.58 Å². The number of imidazole rings is 1. The van der Waals surface area contributed by atoms with Crippen molar-refractivity contribution >= 4 is 34.5 Å².